The monoisotopic (exact) mass is 442 g/mol. The van der Waals surface area contributed by atoms with Crippen LogP contribution >= 0.6 is 23.8 Å². The third-order valence-corrected chi connectivity index (χ3v) is 6.43. The lowest BCUT2D eigenvalue weighted by molar-refractivity contribution is 0.0953. The van der Waals surface area contributed by atoms with Crippen LogP contribution in [0.3, 0.4) is 0 Å². The summed E-state index contributed by atoms with van der Waals surface area (Å²) in [6, 6.07) is 6.32. The Bertz CT molecular complexity index is 1170. The van der Waals surface area contributed by atoms with Crippen LogP contribution in [0.1, 0.15) is 65.1 Å². The summed E-state index contributed by atoms with van der Waals surface area (Å²) in [5, 5.41) is 15.4. The van der Waals surface area contributed by atoms with Crippen molar-refractivity contribution in [3.05, 3.63) is 56.8 Å². The molecule has 1 aromatic carbocycles. The highest BCUT2D eigenvalue weighted by Crippen LogP contribution is 2.42. The molecular formula is C21H23ClN6OS. The minimum absolute atomic E-state index is 0.103. The van der Waals surface area contributed by atoms with Gasteiger partial charge in [0.1, 0.15) is 5.82 Å². The van der Waals surface area contributed by atoms with Gasteiger partial charge in [-0.05, 0) is 62.5 Å². The van der Waals surface area contributed by atoms with Gasteiger partial charge >= 0.3 is 0 Å². The van der Waals surface area contributed by atoms with Crippen molar-refractivity contribution in [3.8, 4) is 5.69 Å². The summed E-state index contributed by atoms with van der Waals surface area (Å²) in [5.41, 5.74) is 3.50. The number of H-pyrrole nitrogens is 1. The van der Waals surface area contributed by atoms with Gasteiger partial charge < -0.3 is 9.88 Å². The van der Waals surface area contributed by atoms with Crippen LogP contribution in [-0.2, 0) is 6.42 Å². The van der Waals surface area contributed by atoms with E-state index in [4.69, 9.17) is 23.8 Å². The van der Waals surface area contributed by atoms with E-state index >= 15 is 0 Å². The van der Waals surface area contributed by atoms with Crippen molar-refractivity contribution in [2.45, 2.75) is 51.0 Å². The number of amides is 1. The van der Waals surface area contributed by atoms with Crippen LogP contribution in [0.4, 0.5) is 0 Å². The fraction of sp³-hybridized carbons (Fsp3) is 0.429. The third kappa shape index (κ3) is 3.70. The molecule has 5 rings (SSSR count). The predicted octanol–water partition coefficient (Wildman–Crippen LogP) is 4.27. The average molecular weight is 443 g/mol. The van der Waals surface area contributed by atoms with Gasteiger partial charge in [-0.1, -0.05) is 17.7 Å². The quantitative estimate of drug-likeness (QED) is 0.535. The van der Waals surface area contributed by atoms with Crippen LogP contribution < -0.4 is 5.32 Å². The number of nitrogens with zero attached hydrogens (tertiary/aromatic N) is 4. The molecular weight excluding hydrogens is 420 g/mol. The number of hydrogen-bond acceptors (Lipinski definition) is 4. The SMILES string of the molecule is Cc1ccc(-n2ncc(C(=O)NCCc3n[nH]c(=S)n3C3CC3)c2C2CC2)cc1Cl. The van der Waals surface area contributed by atoms with Crippen LogP contribution in [-0.4, -0.2) is 37.0 Å². The summed E-state index contributed by atoms with van der Waals surface area (Å²) in [5.74, 6) is 1.16. The first-order valence-electron chi connectivity index (χ1n) is 10.3. The van der Waals surface area contributed by atoms with Gasteiger partial charge in [0.25, 0.3) is 5.91 Å². The smallest absolute Gasteiger partial charge is 0.254 e. The van der Waals surface area contributed by atoms with E-state index in [1.165, 1.54) is 0 Å². The Hall–Kier alpha value is -2.45. The Labute approximate surface area is 184 Å². The summed E-state index contributed by atoms with van der Waals surface area (Å²) in [6.45, 7) is 2.47. The molecule has 0 aliphatic heterocycles. The molecule has 2 N–H and O–H groups in total. The zero-order chi connectivity index (χ0) is 20.8. The third-order valence-electron chi connectivity index (χ3n) is 5.74. The minimum Gasteiger partial charge on any atom is -0.351 e. The van der Waals surface area contributed by atoms with E-state index in [-0.39, 0.29) is 5.91 Å². The molecule has 2 fully saturated rings. The lowest BCUT2D eigenvalue weighted by atomic mass is 10.1. The molecule has 0 radical (unpaired) electrons. The van der Waals surface area contributed by atoms with E-state index in [1.54, 1.807) is 6.20 Å². The molecule has 0 spiro atoms. The summed E-state index contributed by atoms with van der Waals surface area (Å²) in [7, 11) is 0. The van der Waals surface area contributed by atoms with Gasteiger partial charge in [0.2, 0.25) is 0 Å². The first-order valence-corrected chi connectivity index (χ1v) is 11.1. The maximum Gasteiger partial charge on any atom is 0.254 e. The number of aromatic amines is 1. The van der Waals surface area contributed by atoms with E-state index < -0.39 is 0 Å². The molecule has 9 heteroatoms. The lowest BCUT2D eigenvalue weighted by Crippen LogP contribution is -2.27. The molecule has 30 heavy (non-hydrogen) atoms. The van der Waals surface area contributed by atoms with E-state index in [1.807, 2.05) is 29.8 Å². The second-order valence-electron chi connectivity index (χ2n) is 8.12. The van der Waals surface area contributed by atoms with Crippen LogP contribution in [0.25, 0.3) is 5.69 Å². The van der Waals surface area contributed by atoms with Crippen LogP contribution in [0, 0.1) is 11.7 Å². The fourth-order valence-electron chi connectivity index (χ4n) is 3.81. The van der Waals surface area contributed by atoms with Gasteiger partial charge in [0.15, 0.2) is 4.77 Å². The summed E-state index contributed by atoms with van der Waals surface area (Å²) in [4.78, 5) is 12.9. The number of aryl methyl sites for hydroxylation is 1. The number of halogens is 1. The number of carbonyl (C=O) groups is 1. The zero-order valence-electron chi connectivity index (χ0n) is 16.7. The van der Waals surface area contributed by atoms with Crippen LogP contribution in [0.2, 0.25) is 5.02 Å². The van der Waals surface area contributed by atoms with Gasteiger partial charge in [0.05, 0.1) is 23.1 Å². The van der Waals surface area contributed by atoms with Crippen LogP contribution in [0.15, 0.2) is 24.4 Å². The number of aromatic nitrogens is 5. The van der Waals surface area contributed by atoms with Gasteiger partial charge in [-0.15, -0.1) is 0 Å². The van der Waals surface area contributed by atoms with E-state index in [9.17, 15) is 4.79 Å². The van der Waals surface area contributed by atoms with Gasteiger partial charge in [-0.2, -0.15) is 10.2 Å². The number of nitrogens with one attached hydrogen (secondary N) is 2. The van der Waals surface area contributed by atoms with Gasteiger partial charge in [-0.3, -0.25) is 9.89 Å². The summed E-state index contributed by atoms with van der Waals surface area (Å²) < 4.78 is 4.60. The normalized spacial score (nSPS) is 16.1. The van der Waals surface area contributed by atoms with Crippen molar-refractivity contribution < 1.29 is 4.79 Å². The van der Waals surface area contributed by atoms with Crippen molar-refractivity contribution in [1.29, 1.82) is 0 Å². The Kier molecular flexibility index (Phi) is 4.99. The Balaban J connectivity index is 1.33. The predicted molar refractivity (Wildman–Crippen MR) is 117 cm³/mol. The van der Waals surface area contributed by atoms with Crippen molar-refractivity contribution in [1.82, 2.24) is 29.9 Å². The van der Waals surface area contributed by atoms with Crippen molar-refractivity contribution >= 4 is 29.7 Å². The molecule has 156 valence electrons. The zero-order valence-corrected chi connectivity index (χ0v) is 18.3. The second-order valence-corrected chi connectivity index (χ2v) is 8.91. The number of hydrogen-bond donors (Lipinski definition) is 2. The standard InChI is InChI=1S/C21H23ClN6OS/c1-12-2-5-15(10-17(12)22)28-19(13-3-4-13)16(11-24-28)20(29)23-9-8-18-25-26-21(30)27(18)14-6-7-14/h2,5,10-11,13-14H,3-4,6-9H2,1H3,(H,23,29)(H,26,30). The molecule has 7 nitrogen and oxygen atoms in total. The Morgan fingerprint density at radius 2 is 2.13 bits per heavy atom. The van der Waals surface area contributed by atoms with Gasteiger partial charge in [0, 0.05) is 29.9 Å². The number of rotatable bonds is 7. The molecule has 0 unspecified atom stereocenters. The summed E-state index contributed by atoms with van der Waals surface area (Å²) >= 11 is 11.6. The second kappa shape index (κ2) is 7.67. The maximum absolute atomic E-state index is 12.9. The van der Waals surface area contributed by atoms with E-state index in [0.29, 0.717) is 40.3 Å². The van der Waals surface area contributed by atoms with Crippen LogP contribution in [0.5, 0.6) is 0 Å². The lowest BCUT2D eigenvalue weighted by Gasteiger charge is -2.11. The van der Waals surface area contributed by atoms with E-state index in [2.05, 4.69) is 25.2 Å². The molecule has 2 heterocycles. The van der Waals surface area contributed by atoms with E-state index in [0.717, 1.165) is 48.5 Å². The molecule has 0 atom stereocenters. The maximum atomic E-state index is 12.9. The Morgan fingerprint density at radius 1 is 1.33 bits per heavy atom. The average Bonchev–Trinajstić information content (AvgIpc) is 3.66. The van der Waals surface area contributed by atoms with Crippen molar-refractivity contribution in [2.75, 3.05) is 6.54 Å². The topological polar surface area (TPSA) is 80.5 Å². The van der Waals surface area contributed by atoms with Gasteiger partial charge in [-0.25, -0.2) is 4.68 Å². The van der Waals surface area contributed by atoms with Crippen molar-refractivity contribution in [3.63, 3.8) is 0 Å². The molecule has 2 aliphatic carbocycles. The first-order chi connectivity index (χ1) is 14.5. The Morgan fingerprint density at radius 3 is 2.83 bits per heavy atom. The summed E-state index contributed by atoms with van der Waals surface area (Å²) in [6.07, 6.45) is 6.72. The first kappa shape index (κ1) is 19.5. The molecule has 2 aliphatic rings. The highest BCUT2D eigenvalue weighted by Gasteiger charge is 2.33. The number of benzene rings is 1. The largest absolute Gasteiger partial charge is 0.351 e. The fourth-order valence-corrected chi connectivity index (χ4v) is 4.28. The molecule has 2 aromatic heterocycles. The molecule has 2 saturated carbocycles. The minimum atomic E-state index is -0.103. The van der Waals surface area contributed by atoms with Crippen molar-refractivity contribution in [2.24, 2.45) is 0 Å². The number of carbonyl (C=O) groups excluding carboxylic acids is 1. The highest BCUT2D eigenvalue weighted by molar-refractivity contribution is 7.71. The molecule has 3 aromatic rings. The molecule has 0 bridgehead atoms. The molecule has 1 amide bonds. The highest BCUT2D eigenvalue weighted by atomic mass is 35.5. The molecule has 0 saturated heterocycles.